The van der Waals surface area contributed by atoms with E-state index < -0.39 is 0 Å². The Bertz CT molecular complexity index is 431. The van der Waals surface area contributed by atoms with Crippen LogP contribution >= 0.6 is 12.2 Å². The van der Waals surface area contributed by atoms with Gasteiger partial charge < -0.3 is 5.73 Å². The van der Waals surface area contributed by atoms with Crippen molar-refractivity contribution in [2.75, 3.05) is 0 Å². The largest absolute Gasteiger partial charge is 0.376 e. The molecule has 0 aliphatic heterocycles. The molecular weight excluding hydrogens is 168 g/mol. The molecule has 12 heavy (non-hydrogen) atoms. The molecule has 0 bridgehead atoms. The Hall–Kier alpha value is -1.35. The number of nitrogens with two attached hydrogens (primary N) is 1. The van der Waals surface area contributed by atoms with Crippen LogP contribution in [0.15, 0.2) is 36.5 Å². The molecule has 0 fully saturated rings. The molecule has 2 rings (SSSR count). The maximum atomic E-state index is 5.52. The Balaban J connectivity index is 2.79. The molecule has 0 radical (unpaired) electrons. The first-order valence-corrected chi connectivity index (χ1v) is 4.06. The lowest BCUT2D eigenvalue weighted by Gasteiger charge is -1.99. The summed E-state index contributed by atoms with van der Waals surface area (Å²) in [6.07, 6.45) is 1.88. The average Bonchev–Trinajstić information content (AvgIpc) is 2.47. The van der Waals surface area contributed by atoms with E-state index in [2.05, 4.69) is 0 Å². The third-order valence-corrected chi connectivity index (χ3v) is 2.03. The van der Waals surface area contributed by atoms with Gasteiger partial charge in [-0.1, -0.05) is 18.2 Å². The molecule has 1 aromatic heterocycles. The van der Waals surface area contributed by atoms with Crippen molar-refractivity contribution in [3.63, 3.8) is 0 Å². The van der Waals surface area contributed by atoms with Crippen molar-refractivity contribution in [1.82, 2.24) is 4.57 Å². The Labute approximate surface area is 75.6 Å². The van der Waals surface area contributed by atoms with Crippen LogP contribution in [0.2, 0.25) is 0 Å². The highest BCUT2D eigenvalue weighted by Gasteiger charge is 1.99. The zero-order valence-electron chi connectivity index (χ0n) is 6.40. The van der Waals surface area contributed by atoms with E-state index >= 15 is 0 Å². The normalized spacial score (nSPS) is 10.3. The van der Waals surface area contributed by atoms with Gasteiger partial charge in [0.1, 0.15) is 0 Å². The fraction of sp³-hybridized carbons (Fsp3) is 0. The van der Waals surface area contributed by atoms with Gasteiger partial charge in [0.25, 0.3) is 0 Å². The van der Waals surface area contributed by atoms with Crippen molar-refractivity contribution < 1.29 is 0 Å². The molecule has 1 heterocycles. The fourth-order valence-corrected chi connectivity index (χ4v) is 1.43. The molecule has 2 N–H and O–H groups in total. The van der Waals surface area contributed by atoms with Gasteiger partial charge in [0.05, 0.1) is 5.52 Å². The summed E-state index contributed by atoms with van der Waals surface area (Å²) in [5, 5.41) is 1.54. The van der Waals surface area contributed by atoms with E-state index in [-0.39, 0.29) is 0 Å². The van der Waals surface area contributed by atoms with Crippen molar-refractivity contribution in [3.8, 4) is 0 Å². The molecule has 0 amide bonds. The Morgan fingerprint density at radius 3 is 2.75 bits per heavy atom. The highest BCUT2D eigenvalue weighted by molar-refractivity contribution is 7.80. The van der Waals surface area contributed by atoms with Crippen molar-refractivity contribution >= 4 is 28.2 Å². The molecule has 0 spiro atoms. The molecule has 1 aromatic carbocycles. The summed E-state index contributed by atoms with van der Waals surface area (Å²) in [4.78, 5) is 0. The van der Waals surface area contributed by atoms with Crippen LogP contribution in [0.1, 0.15) is 0 Å². The zero-order valence-corrected chi connectivity index (χ0v) is 7.21. The number of thiocarbonyl (C=S) groups is 1. The van der Waals surface area contributed by atoms with Gasteiger partial charge in [0.15, 0.2) is 5.11 Å². The summed E-state index contributed by atoms with van der Waals surface area (Å²) >= 11 is 4.88. The van der Waals surface area contributed by atoms with Crippen LogP contribution in [0.25, 0.3) is 10.9 Å². The van der Waals surface area contributed by atoms with Crippen LogP contribution in [-0.2, 0) is 0 Å². The predicted octanol–water partition coefficient (Wildman–Crippen LogP) is 1.73. The highest BCUT2D eigenvalue weighted by atomic mass is 32.1. The van der Waals surface area contributed by atoms with Gasteiger partial charge in [0.2, 0.25) is 0 Å². The van der Waals surface area contributed by atoms with E-state index in [1.165, 1.54) is 0 Å². The number of rotatable bonds is 0. The first-order valence-electron chi connectivity index (χ1n) is 3.65. The van der Waals surface area contributed by atoms with Crippen LogP contribution in [-0.4, -0.2) is 9.68 Å². The highest BCUT2D eigenvalue weighted by Crippen LogP contribution is 2.13. The lowest BCUT2D eigenvalue weighted by molar-refractivity contribution is 1.22. The summed E-state index contributed by atoms with van der Waals surface area (Å²) in [5.74, 6) is 0. The average molecular weight is 176 g/mol. The van der Waals surface area contributed by atoms with E-state index in [9.17, 15) is 0 Å². The maximum Gasteiger partial charge on any atom is 0.175 e. The Morgan fingerprint density at radius 1 is 1.25 bits per heavy atom. The molecule has 0 aliphatic carbocycles. The molecule has 2 nitrogen and oxygen atoms in total. The first kappa shape index (κ1) is 7.31. The van der Waals surface area contributed by atoms with E-state index in [0.717, 1.165) is 10.9 Å². The molecule has 60 valence electrons. The minimum absolute atomic E-state index is 0.385. The topological polar surface area (TPSA) is 30.9 Å². The monoisotopic (exact) mass is 176 g/mol. The van der Waals surface area contributed by atoms with Crippen LogP contribution in [0.5, 0.6) is 0 Å². The molecule has 2 aromatic rings. The second-order valence-electron chi connectivity index (χ2n) is 2.58. The SMILES string of the molecule is NC(=S)n1ccc2ccccc21. The molecule has 0 unspecified atom stereocenters. The number of aromatic nitrogens is 1. The number of fused-ring (bicyclic) bond motifs is 1. The molecule has 0 atom stereocenters. The number of nitrogens with zero attached hydrogens (tertiary/aromatic N) is 1. The van der Waals surface area contributed by atoms with E-state index in [0.29, 0.717) is 5.11 Å². The zero-order chi connectivity index (χ0) is 8.55. The predicted molar refractivity (Wildman–Crippen MR) is 54.1 cm³/mol. The smallest absolute Gasteiger partial charge is 0.175 e. The van der Waals surface area contributed by atoms with Crippen molar-refractivity contribution in [2.45, 2.75) is 0 Å². The standard InChI is InChI=1S/C9H8N2S/c10-9(12)11-6-5-7-3-1-2-4-8(7)11/h1-6H,(H2,10,12). The number of hydrogen-bond acceptors (Lipinski definition) is 1. The van der Waals surface area contributed by atoms with Gasteiger partial charge in [-0.25, -0.2) is 0 Å². The summed E-state index contributed by atoms with van der Waals surface area (Å²) in [6, 6.07) is 9.98. The van der Waals surface area contributed by atoms with Crippen LogP contribution in [0.3, 0.4) is 0 Å². The minimum atomic E-state index is 0.385. The van der Waals surface area contributed by atoms with Gasteiger partial charge >= 0.3 is 0 Å². The summed E-state index contributed by atoms with van der Waals surface area (Å²) in [5.41, 5.74) is 6.58. The summed E-state index contributed by atoms with van der Waals surface area (Å²) in [7, 11) is 0. The lowest BCUT2D eigenvalue weighted by atomic mass is 10.2. The lowest BCUT2D eigenvalue weighted by Crippen LogP contribution is -2.17. The third kappa shape index (κ3) is 0.987. The van der Waals surface area contributed by atoms with Crippen LogP contribution in [0.4, 0.5) is 0 Å². The van der Waals surface area contributed by atoms with E-state index in [1.807, 2.05) is 36.5 Å². The molecule has 0 aliphatic rings. The number of benzene rings is 1. The minimum Gasteiger partial charge on any atom is -0.376 e. The number of hydrogen-bond donors (Lipinski definition) is 1. The second-order valence-corrected chi connectivity index (χ2v) is 3.00. The fourth-order valence-electron chi connectivity index (χ4n) is 1.28. The third-order valence-electron chi connectivity index (χ3n) is 1.84. The quantitative estimate of drug-likeness (QED) is 0.620. The van der Waals surface area contributed by atoms with E-state index in [4.69, 9.17) is 18.0 Å². The first-order chi connectivity index (χ1) is 5.79. The van der Waals surface area contributed by atoms with Gasteiger partial charge in [0, 0.05) is 11.6 Å². The summed E-state index contributed by atoms with van der Waals surface area (Å²) < 4.78 is 1.80. The van der Waals surface area contributed by atoms with E-state index in [1.54, 1.807) is 4.57 Å². The van der Waals surface area contributed by atoms with Crippen molar-refractivity contribution in [1.29, 1.82) is 0 Å². The molecule has 0 saturated carbocycles. The Kier molecular flexibility index (Phi) is 1.59. The van der Waals surface area contributed by atoms with Crippen LogP contribution < -0.4 is 5.73 Å². The Morgan fingerprint density at radius 2 is 2.00 bits per heavy atom. The molecular formula is C9H8N2S. The van der Waals surface area contributed by atoms with Crippen LogP contribution in [0, 0.1) is 0 Å². The molecule has 3 heteroatoms. The second kappa shape index (κ2) is 2.60. The van der Waals surface area contributed by atoms with Gasteiger partial charge in [-0.05, 0) is 24.4 Å². The van der Waals surface area contributed by atoms with Gasteiger partial charge in [-0.2, -0.15) is 0 Å². The van der Waals surface area contributed by atoms with Crippen molar-refractivity contribution in [3.05, 3.63) is 36.5 Å². The number of para-hydroxylation sites is 1. The van der Waals surface area contributed by atoms with Gasteiger partial charge in [-0.3, -0.25) is 4.57 Å². The van der Waals surface area contributed by atoms with Gasteiger partial charge in [-0.15, -0.1) is 0 Å². The summed E-state index contributed by atoms with van der Waals surface area (Å²) in [6.45, 7) is 0. The molecule has 0 saturated heterocycles. The van der Waals surface area contributed by atoms with Crippen molar-refractivity contribution in [2.24, 2.45) is 5.73 Å². The maximum absolute atomic E-state index is 5.52.